The number of hydrogen-bond donors (Lipinski definition) is 2. The van der Waals surface area contributed by atoms with Crippen LogP contribution in [0.25, 0.3) is 0 Å². The number of nitrogens with zero attached hydrogens (tertiary/aromatic N) is 1. The molecule has 6 heteroatoms. The summed E-state index contributed by atoms with van der Waals surface area (Å²) in [4.78, 5) is 26.6. The highest BCUT2D eigenvalue weighted by Gasteiger charge is 2.32. The number of benzene rings is 1. The number of piperidine rings is 1. The van der Waals surface area contributed by atoms with Crippen LogP contribution in [0.3, 0.4) is 0 Å². The summed E-state index contributed by atoms with van der Waals surface area (Å²) in [5.41, 5.74) is 1.30. The van der Waals surface area contributed by atoms with Gasteiger partial charge in [0.25, 0.3) is 0 Å². The van der Waals surface area contributed by atoms with Gasteiger partial charge in [-0.25, -0.2) is 4.79 Å². The summed E-state index contributed by atoms with van der Waals surface area (Å²) in [7, 11) is 0. The number of urea groups is 1. The van der Waals surface area contributed by atoms with Gasteiger partial charge in [0.2, 0.25) is 0 Å². The number of thioether (sulfide) groups is 1. The van der Waals surface area contributed by atoms with E-state index in [0.29, 0.717) is 32.0 Å². The van der Waals surface area contributed by atoms with Gasteiger partial charge in [-0.15, -0.1) is 11.8 Å². The van der Waals surface area contributed by atoms with Crippen LogP contribution in [-0.2, 0) is 4.79 Å². The number of nitrogens with one attached hydrogen (secondary N) is 1. The van der Waals surface area contributed by atoms with E-state index >= 15 is 0 Å². The maximum absolute atomic E-state index is 12.4. The van der Waals surface area contributed by atoms with Crippen LogP contribution in [0.15, 0.2) is 29.2 Å². The summed E-state index contributed by atoms with van der Waals surface area (Å²) in [5, 5.41) is 12.2. The van der Waals surface area contributed by atoms with Crippen molar-refractivity contribution >= 4 is 23.8 Å². The number of likely N-dealkylation sites (tertiary alicyclic amines) is 1. The van der Waals surface area contributed by atoms with Crippen LogP contribution >= 0.6 is 11.8 Å². The fraction of sp³-hybridized carbons (Fsp3) is 0.529. The second-order valence-electron chi connectivity index (χ2n) is 6.51. The molecule has 0 spiro atoms. The lowest BCUT2D eigenvalue weighted by Crippen LogP contribution is -2.50. The lowest BCUT2D eigenvalue weighted by Gasteiger charge is -2.34. The molecule has 0 bridgehead atoms. The fourth-order valence-corrected chi connectivity index (χ4v) is 4.67. The highest BCUT2D eigenvalue weighted by atomic mass is 32.2. The van der Waals surface area contributed by atoms with E-state index in [9.17, 15) is 14.7 Å². The number of carboxylic acid groups (broad SMARTS) is 1. The fourth-order valence-electron chi connectivity index (χ4n) is 3.42. The van der Waals surface area contributed by atoms with Crippen molar-refractivity contribution < 1.29 is 14.7 Å². The smallest absolute Gasteiger partial charge is 0.317 e. The first kappa shape index (κ1) is 16.2. The molecule has 1 aromatic carbocycles. The van der Waals surface area contributed by atoms with Crippen LogP contribution in [-0.4, -0.2) is 47.4 Å². The standard InChI is InChI=1S/C17H22N2O3S/c1-11-6-12(16(20)21)9-19(8-11)17(22)18-7-13-10-23-15-5-3-2-4-14(13)15/h2-5,11-13H,6-10H2,1H3,(H,18,22)(H,20,21). The first-order valence-corrected chi connectivity index (χ1v) is 9.00. The molecule has 2 aliphatic heterocycles. The quantitative estimate of drug-likeness (QED) is 0.891. The molecule has 1 aromatic rings. The number of carbonyl (C=O) groups is 2. The SMILES string of the molecule is CC1CC(C(=O)O)CN(C(=O)NCC2CSc3ccccc32)C1. The van der Waals surface area contributed by atoms with Gasteiger partial charge in [-0.2, -0.15) is 0 Å². The second kappa shape index (κ2) is 6.83. The summed E-state index contributed by atoms with van der Waals surface area (Å²) >= 11 is 1.83. The van der Waals surface area contributed by atoms with Crippen molar-refractivity contribution in [3.05, 3.63) is 29.8 Å². The summed E-state index contributed by atoms with van der Waals surface area (Å²) in [5.74, 6) is 0.270. The number of rotatable bonds is 3. The minimum atomic E-state index is -0.810. The van der Waals surface area contributed by atoms with Crippen LogP contribution < -0.4 is 5.32 Å². The normalized spacial score (nSPS) is 26.7. The Kier molecular flexibility index (Phi) is 4.80. The lowest BCUT2D eigenvalue weighted by atomic mass is 9.91. The van der Waals surface area contributed by atoms with Crippen molar-refractivity contribution in [1.82, 2.24) is 10.2 Å². The van der Waals surface area contributed by atoms with Crippen LogP contribution in [0, 0.1) is 11.8 Å². The van der Waals surface area contributed by atoms with E-state index in [4.69, 9.17) is 0 Å². The molecule has 3 rings (SSSR count). The van der Waals surface area contributed by atoms with Crippen LogP contribution in [0.1, 0.15) is 24.8 Å². The van der Waals surface area contributed by atoms with E-state index in [1.165, 1.54) is 10.5 Å². The minimum Gasteiger partial charge on any atom is -0.481 e. The predicted molar refractivity (Wildman–Crippen MR) is 89.8 cm³/mol. The Hall–Kier alpha value is -1.69. The highest BCUT2D eigenvalue weighted by Crippen LogP contribution is 2.38. The first-order valence-electron chi connectivity index (χ1n) is 8.02. The molecule has 1 fully saturated rings. The van der Waals surface area contributed by atoms with Crippen LogP contribution in [0.2, 0.25) is 0 Å². The van der Waals surface area contributed by atoms with Gasteiger partial charge in [0.1, 0.15) is 0 Å². The number of hydrogen-bond acceptors (Lipinski definition) is 3. The van der Waals surface area contributed by atoms with E-state index < -0.39 is 11.9 Å². The van der Waals surface area contributed by atoms with Gasteiger partial charge in [0, 0.05) is 36.2 Å². The lowest BCUT2D eigenvalue weighted by molar-refractivity contribution is -0.143. The zero-order valence-corrected chi connectivity index (χ0v) is 14.0. The van der Waals surface area contributed by atoms with Crippen LogP contribution in [0.5, 0.6) is 0 Å². The third-order valence-electron chi connectivity index (χ3n) is 4.59. The molecule has 23 heavy (non-hydrogen) atoms. The number of carboxylic acids is 1. The summed E-state index contributed by atoms with van der Waals surface area (Å²) in [6.07, 6.45) is 0.645. The largest absolute Gasteiger partial charge is 0.481 e. The molecule has 3 atom stereocenters. The van der Waals surface area contributed by atoms with E-state index in [2.05, 4.69) is 17.4 Å². The second-order valence-corrected chi connectivity index (χ2v) is 7.57. The molecule has 2 aliphatic rings. The van der Waals surface area contributed by atoms with Gasteiger partial charge < -0.3 is 15.3 Å². The summed E-state index contributed by atoms with van der Waals surface area (Å²) in [6, 6.07) is 8.16. The van der Waals surface area contributed by atoms with Gasteiger partial charge in [-0.05, 0) is 24.0 Å². The monoisotopic (exact) mass is 334 g/mol. The maximum atomic E-state index is 12.4. The average Bonchev–Trinajstić information content (AvgIpc) is 2.95. The Bertz CT molecular complexity index is 607. The van der Waals surface area contributed by atoms with Crippen molar-refractivity contribution in [2.75, 3.05) is 25.4 Å². The van der Waals surface area contributed by atoms with Gasteiger partial charge in [0.15, 0.2) is 0 Å². The third kappa shape index (κ3) is 3.63. The van der Waals surface area contributed by atoms with Crippen molar-refractivity contribution in [2.24, 2.45) is 11.8 Å². The molecule has 2 heterocycles. The molecule has 124 valence electrons. The van der Waals surface area contributed by atoms with Gasteiger partial charge in [-0.3, -0.25) is 4.79 Å². The van der Waals surface area contributed by atoms with Crippen molar-refractivity contribution in [2.45, 2.75) is 24.2 Å². The van der Waals surface area contributed by atoms with Gasteiger partial charge in [-0.1, -0.05) is 25.1 Å². The molecule has 5 nitrogen and oxygen atoms in total. The van der Waals surface area contributed by atoms with E-state index in [1.807, 2.05) is 30.8 Å². The number of carbonyl (C=O) groups excluding carboxylic acids is 1. The molecular formula is C17H22N2O3S. The number of aliphatic carboxylic acids is 1. The minimum absolute atomic E-state index is 0.141. The molecule has 2 amide bonds. The van der Waals surface area contributed by atoms with Gasteiger partial charge in [0.05, 0.1) is 5.92 Å². The Morgan fingerprint density at radius 1 is 1.35 bits per heavy atom. The van der Waals surface area contributed by atoms with E-state index in [-0.39, 0.29) is 11.9 Å². The molecule has 0 aromatic heterocycles. The van der Waals surface area contributed by atoms with E-state index in [0.717, 1.165) is 5.75 Å². The first-order chi connectivity index (χ1) is 11.0. The van der Waals surface area contributed by atoms with Crippen molar-refractivity contribution in [3.63, 3.8) is 0 Å². The molecule has 0 radical (unpaired) electrons. The Morgan fingerprint density at radius 2 is 2.13 bits per heavy atom. The maximum Gasteiger partial charge on any atom is 0.317 e. The molecule has 3 unspecified atom stereocenters. The number of amides is 2. The predicted octanol–water partition coefficient (Wildman–Crippen LogP) is 2.63. The summed E-state index contributed by atoms with van der Waals surface area (Å²) < 4.78 is 0. The molecule has 0 saturated carbocycles. The topological polar surface area (TPSA) is 69.6 Å². The molecule has 1 saturated heterocycles. The number of fused-ring (bicyclic) bond motifs is 1. The Morgan fingerprint density at radius 3 is 2.91 bits per heavy atom. The van der Waals surface area contributed by atoms with Crippen LogP contribution in [0.4, 0.5) is 4.79 Å². The Balaban J connectivity index is 1.56. The molecule has 0 aliphatic carbocycles. The molecular weight excluding hydrogens is 312 g/mol. The molecule has 2 N–H and O–H groups in total. The zero-order chi connectivity index (χ0) is 16.4. The van der Waals surface area contributed by atoms with E-state index in [1.54, 1.807) is 4.90 Å². The van der Waals surface area contributed by atoms with Crippen molar-refractivity contribution in [3.8, 4) is 0 Å². The van der Waals surface area contributed by atoms with Crippen molar-refractivity contribution in [1.29, 1.82) is 0 Å². The average molecular weight is 334 g/mol. The van der Waals surface area contributed by atoms with Gasteiger partial charge >= 0.3 is 12.0 Å². The Labute approximate surface area is 140 Å². The summed E-state index contributed by atoms with van der Waals surface area (Å²) in [6.45, 7) is 3.54. The zero-order valence-electron chi connectivity index (χ0n) is 13.2. The third-order valence-corrected chi connectivity index (χ3v) is 5.85. The highest BCUT2D eigenvalue weighted by molar-refractivity contribution is 7.99.